The molecule has 0 aliphatic carbocycles. The van der Waals surface area contributed by atoms with Crippen LogP contribution in [0.4, 0.5) is 0 Å². The van der Waals surface area contributed by atoms with Crippen LogP contribution in [0.2, 0.25) is 0 Å². The van der Waals surface area contributed by atoms with E-state index in [0.717, 1.165) is 13.0 Å². The summed E-state index contributed by atoms with van der Waals surface area (Å²) in [5.74, 6) is 0.0899. The number of rotatable bonds is 4. The minimum Gasteiger partial charge on any atom is -0.481 e. The molecule has 3 nitrogen and oxygen atoms in total. The Kier molecular flexibility index (Phi) is 4.58. The molecule has 0 aromatic carbocycles. The average Bonchev–Trinajstić information content (AvgIpc) is 2.15. The summed E-state index contributed by atoms with van der Waals surface area (Å²) in [4.78, 5) is 13.2. The van der Waals surface area contributed by atoms with E-state index in [1.165, 1.54) is 12.8 Å². The Bertz CT molecular complexity index is 216. The van der Waals surface area contributed by atoms with Crippen LogP contribution in [0.1, 0.15) is 39.5 Å². The van der Waals surface area contributed by atoms with Gasteiger partial charge >= 0.3 is 5.97 Å². The molecule has 0 spiro atoms. The van der Waals surface area contributed by atoms with Crippen molar-refractivity contribution in [2.45, 2.75) is 45.6 Å². The fourth-order valence-corrected chi connectivity index (χ4v) is 2.66. The lowest BCUT2D eigenvalue weighted by molar-refractivity contribution is -0.139. The molecule has 0 saturated carbocycles. The minimum absolute atomic E-state index is 0.299. The Balaban J connectivity index is 2.64. The Hall–Kier alpha value is -0.570. The van der Waals surface area contributed by atoms with Crippen LogP contribution in [-0.2, 0) is 4.79 Å². The third-order valence-electron chi connectivity index (χ3n) is 3.59. The number of carboxylic acid groups (broad SMARTS) is 1. The Morgan fingerprint density at radius 2 is 2.13 bits per heavy atom. The highest BCUT2D eigenvalue weighted by molar-refractivity contribution is 5.67. The molecule has 0 amide bonds. The SMILES string of the molecule is CC(C)C(CC(=O)O)C1CCCCN1C. The molecule has 0 aromatic rings. The molecule has 88 valence electrons. The van der Waals surface area contributed by atoms with Gasteiger partial charge in [-0.05, 0) is 38.3 Å². The van der Waals surface area contributed by atoms with E-state index in [4.69, 9.17) is 5.11 Å². The first kappa shape index (κ1) is 12.5. The Morgan fingerprint density at radius 3 is 2.60 bits per heavy atom. The van der Waals surface area contributed by atoms with Crippen molar-refractivity contribution in [2.24, 2.45) is 11.8 Å². The fraction of sp³-hybridized carbons (Fsp3) is 0.917. The molecular weight excluding hydrogens is 190 g/mol. The van der Waals surface area contributed by atoms with E-state index >= 15 is 0 Å². The maximum Gasteiger partial charge on any atom is 0.303 e. The fourth-order valence-electron chi connectivity index (χ4n) is 2.66. The van der Waals surface area contributed by atoms with Gasteiger partial charge in [0.25, 0.3) is 0 Å². The van der Waals surface area contributed by atoms with Crippen LogP contribution in [0.3, 0.4) is 0 Å². The number of piperidine rings is 1. The molecule has 3 heteroatoms. The molecule has 0 bridgehead atoms. The van der Waals surface area contributed by atoms with Crippen molar-refractivity contribution in [1.82, 2.24) is 4.90 Å². The molecule has 1 saturated heterocycles. The number of carbonyl (C=O) groups is 1. The van der Waals surface area contributed by atoms with Crippen molar-refractivity contribution in [2.75, 3.05) is 13.6 Å². The Morgan fingerprint density at radius 1 is 1.47 bits per heavy atom. The van der Waals surface area contributed by atoms with E-state index in [2.05, 4.69) is 25.8 Å². The third kappa shape index (κ3) is 3.49. The van der Waals surface area contributed by atoms with Crippen LogP contribution in [-0.4, -0.2) is 35.6 Å². The summed E-state index contributed by atoms with van der Waals surface area (Å²) in [6.45, 7) is 5.39. The quantitative estimate of drug-likeness (QED) is 0.778. The van der Waals surface area contributed by atoms with Gasteiger partial charge in [-0.15, -0.1) is 0 Å². The lowest BCUT2D eigenvalue weighted by Gasteiger charge is -2.39. The summed E-state index contributed by atoms with van der Waals surface area (Å²) >= 11 is 0. The van der Waals surface area contributed by atoms with Gasteiger partial charge in [0.05, 0.1) is 0 Å². The zero-order valence-corrected chi connectivity index (χ0v) is 10.1. The smallest absolute Gasteiger partial charge is 0.303 e. The lowest BCUT2D eigenvalue weighted by atomic mass is 9.81. The number of carboxylic acids is 1. The first-order chi connectivity index (χ1) is 7.02. The van der Waals surface area contributed by atoms with Gasteiger partial charge < -0.3 is 10.0 Å². The van der Waals surface area contributed by atoms with Crippen LogP contribution in [0.5, 0.6) is 0 Å². The number of hydrogen-bond acceptors (Lipinski definition) is 2. The summed E-state index contributed by atoms with van der Waals surface area (Å²) in [5, 5.41) is 8.93. The zero-order chi connectivity index (χ0) is 11.4. The van der Waals surface area contributed by atoms with Gasteiger partial charge in [-0.2, -0.15) is 0 Å². The predicted molar refractivity (Wildman–Crippen MR) is 60.8 cm³/mol. The highest BCUT2D eigenvalue weighted by Crippen LogP contribution is 2.29. The standard InChI is InChI=1S/C12H23NO2/c1-9(2)10(8-12(14)15)11-6-4-5-7-13(11)3/h9-11H,4-8H2,1-3H3,(H,14,15). The van der Waals surface area contributed by atoms with E-state index in [0.29, 0.717) is 24.3 Å². The van der Waals surface area contributed by atoms with Crippen molar-refractivity contribution >= 4 is 5.97 Å². The van der Waals surface area contributed by atoms with Gasteiger partial charge in [-0.1, -0.05) is 20.3 Å². The highest BCUT2D eigenvalue weighted by atomic mass is 16.4. The van der Waals surface area contributed by atoms with Crippen molar-refractivity contribution in [1.29, 1.82) is 0 Å². The van der Waals surface area contributed by atoms with Crippen LogP contribution in [0.15, 0.2) is 0 Å². The maximum atomic E-state index is 10.8. The van der Waals surface area contributed by atoms with Gasteiger partial charge in [-0.25, -0.2) is 0 Å². The molecule has 1 fully saturated rings. The summed E-state index contributed by atoms with van der Waals surface area (Å²) in [6, 6.07) is 0.467. The molecule has 0 radical (unpaired) electrons. The first-order valence-electron chi connectivity index (χ1n) is 5.94. The first-order valence-corrected chi connectivity index (χ1v) is 5.94. The zero-order valence-electron chi connectivity index (χ0n) is 10.1. The second-order valence-electron chi connectivity index (χ2n) is 5.05. The summed E-state index contributed by atoms with van der Waals surface area (Å²) in [6.07, 6.45) is 3.97. The Labute approximate surface area is 92.5 Å². The van der Waals surface area contributed by atoms with E-state index < -0.39 is 5.97 Å². The largest absolute Gasteiger partial charge is 0.481 e. The average molecular weight is 213 g/mol. The van der Waals surface area contributed by atoms with Crippen molar-refractivity contribution in [3.05, 3.63) is 0 Å². The molecule has 15 heavy (non-hydrogen) atoms. The summed E-state index contributed by atoms with van der Waals surface area (Å²) < 4.78 is 0. The van der Waals surface area contributed by atoms with E-state index in [-0.39, 0.29) is 0 Å². The predicted octanol–water partition coefficient (Wildman–Crippen LogP) is 2.22. The molecule has 2 unspecified atom stereocenters. The second-order valence-corrected chi connectivity index (χ2v) is 5.05. The van der Waals surface area contributed by atoms with Crippen molar-refractivity contribution < 1.29 is 9.90 Å². The maximum absolute atomic E-state index is 10.8. The van der Waals surface area contributed by atoms with Crippen LogP contribution < -0.4 is 0 Å². The van der Waals surface area contributed by atoms with Crippen molar-refractivity contribution in [3.8, 4) is 0 Å². The monoisotopic (exact) mass is 213 g/mol. The summed E-state index contributed by atoms with van der Waals surface area (Å²) in [5.41, 5.74) is 0. The van der Waals surface area contributed by atoms with Crippen molar-refractivity contribution in [3.63, 3.8) is 0 Å². The van der Waals surface area contributed by atoms with E-state index in [9.17, 15) is 4.79 Å². The molecule has 1 N–H and O–H groups in total. The normalized spacial score (nSPS) is 25.5. The van der Waals surface area contributed by atoms with E-state index in [1.54, 1.807) is 0 Å². The second kappa shape index (κ2) is 5.50. The van der Waals surface area contributed by atoms with E-state index in [1.807, 2.05) is 0 Å². The highest BCUT2D eigenvalue weighted by Gasteiger charge is 2.31. The van der Waals surface area contributed by atoms with Gasteiger partial charge in [0.2, 0.25) is 0 Å². The number of nitrogens with zero attached hydrogens (tertiary/aromatic N) is 1. The molecule has 1 rings (SSSR count). The van der Waals surface area contributed by atoms with Crippen LogP contribution in [0, 0.1) is 11.8 Å². The number of hydrogen-bond donors (Lipinski definition) is 1. The van der Waals surface area contributed by atoms with Gasteiger partial charge in [0.15, 0.2) is 0 Å². The molecule has 0 aromatic heterocycles. The number of likely N-dealkylation sites (tertiary alicyclic amines) is 1. The van der Waals surface area contributed by atoms with Crippen LogP contribution >= 0.6 is 0 Å². The third-order valence-corrected chi connectivity index (χ3v) is 3.59. The van der Waals surface area contributed by atoms with Gasteiger partial charge in [0, 0.05) is 12.5 Å². The van der Waals surface area contributed by atoms with Gasteiger partial charge in [0.1, 0.15) is 0 Å². The summed E-state index contributed by atoms with van der Waals surface area (Å²) in [7, 11) is 2.13. The molecule has 1 aliphatic rings. The van der Waals surface area contributed by atoms with Crippen LogP contribution in [0.25, 0.3) is 0 Å². The minimum atomic E-state index is -0.660. The molecule has 1 heterocycles. The number of aliphatic carboxylic acids is 1. The topological polar surface area (TPSA) is 40.5 Å². The molecular formula is C12H23NO2. The lowest BCUT2D eigenvalue weighted by Crippen LogP contribution is -2.44. The molecule has 2 atom stereocenters. The van der Waals surface area contributed by atoms with Gasteiger partial charge in [-0.3, -0.25) is 4.79 Å². The molecule has 1 aliphatic heterocycles.